The van der Waals surface area contributed by atoms with Crippen LogP contribution in [-0.2, 0) is 23.9 Å². The maximum atomic E-state index is 13.1. The summed E-state index contributed by atoms with van der Waals surface area (Å²) in [6, 6.07) is 3.35. The molecule has 2 aliphatic rings. The Hall–Kier alpha value is -2.74. The van der Waals surface area contributed by atoms with Gasteiger partial charge in [0.05, 0.1) is 34.7 Å². The molecule has 0 aliphatic carbocycles. The molecule has 0 saturated heterocycles. The van der Waals surface area contributed by atoms with Gasteiger partial charge in [-0.25, -0.2) is 0 Å². The SMILES string of the molecule is O=C(c1cccc(C(F)(F)F)c1Cl)N1CCc2c(C3C=CC=CO3)n[nH]c2C1. The first-order chi connectivity index (χ1) is 13.4. The summed E-state index contributed by atoms with van der Waals surface area (Å²) in [5.74, 6) is -0.547. The first-order valence-corrected chi connectivity index (χ1v) is 8.94. The zero-order chi connectivity index (χ0) is 19.9. The van der Waals surface area contributed by atoms with Crippen LogP contribution in [0.4, 0.5) is 13.2 Å². The van der Waals surface area contributed by atoms with Gasteiger partial charge < -0.3 is 9.64 Å². The van der Waals surface area contributed by atoms with Crippen LogP contribution in [0.3, 0.4) is 0 Å². The molecule has 3 heterocycles. The highest BCUT2D eigenvalue weighted by molar-refractivity contribution is 6.34. The standard InChI is InChI=1S/C19H15ClF3N3O2/c20-16-12(4-3-5-13(16)19(21,22)23)18(27)26-8-7-11-14(10-26)24-25-17(11)15-6-1-2-9-28-15/h1-6,9,15H,7-8,10H2,(H,24,25). The Bertz CT molecular complexity index is 981. The number of H-pyrrole nitrogens is 1. The van der Waals surface area contributed by atoms with E-state index in [1.54, 1.807) is 12.3 Å². The fraction of sp³-hybridized carbons (Fsp3) is 0.263. The van der Waals surface area contributed by atoms with Gasteiger partial charge >= 0.3 is 6.18 Å². The average Bonchev–Trinajstić information content (AvgIpc) is 3.10. The van der Waals surface area contributed by atoms with Gasteiger partial charge in [0.15, 0.2) is 6.10 Å². The monoisotopic (exact) mass is 409 g/mol. The second-order valence-electron chi connectivity index (χ2n) is 6.48. The number of fused-ring (bicyclic) bond motifs is 1. The number of carbonyl (C=O) groups is 1. The van der Waals surface area contributed by atoms with Gasteiger partial charge in [0, 0.05) is 12.1 Å². The summed E-state index contributed by atoms with van der Waals surface area (Å²) in [6.07, 6.45) is 2.68. The maximum Gasteiger partial charge on any atom is 0.417 e. The Morgan fingerprint density at radius 1 is 1.32 bits per heavy atom. The van der Waals surface area contributed by atoms with Crippen molar-refractivity contribution < 1.29 is 22.7 Å². The van der Waals surface area contributed by atoms with Crippen LogP contribution in [0.5, 0.6) is 0 Å². The lowest BCUT2D eigenvalue weighted by Gasteiger charge is -2.28. The lowest BCUT2D eigenvalue weighted by Crippen LogP contribution is -2.36. The van der Waals surface area contributed by atoms with Crippen molar-refractivity contribution in [2.45, 2.75) is 25.2 Å². The van der Waals surface area contributed by atoms with Crippen LogP contribution in [0.2, 0.25) is 5.02 Å². The van der Waals surface area contributed by atoms with Gasteiger partial charge in [-0.1, -0.05) is 23.7 Å². The maximum absolute atomic E-state index is 13.1. The summed E-state index contributed by atoms with van der Waals surface area (Å²) in [5, 5.41) is 6.64. The normalized spacial score (nSPS) is 18.7. The van der Waals surface area contributed by atoms with Gasteiger partial charge in [0.1, 0.15) is 5.69 Å². The van der Waals surface area contributed by atoms with E-state index in [1.165, 1.54) is 17.0 Å². The molecule has 0 spiro atoms. The van der Waals surface area contributed by atoms with Crippen molar-refractivity contribution in [3.8, 4) is 0 Å². The van der Waals surface area contributed by atoms with Crippen molar-refractivity contribution in [3.63, 3.8) is 0 Å². The molecule has 146 valence electrons. The molecule has 28 heavy (non-hydrogen) atoms. The Morgan fingerprint density at radius 3 is 2.86 bits per heavy atom. The molecule has 1 unspecified atom stereocenters. The van der Waals surface area contributed by atoms with Crippen LogP contribution in [0.15, 0.2) is 42.7 Å². The number of nitrogens with one attached hydrogen (secondary N) is 1. The third-order valence-electron chi connectivity index (χ3n) is 4.76. The summed E-state index contributed by atoms with van der Waals surface area (Å²) >= 11 is 5.90. The lowest BCUT2D eigenvalue weighted by atomic mass is 10.00. The number of rotatable bonds is 2. The van der Waals surface area contributed by atoms with E-state index in [2.05, 4.69) is 10.2 Å². The number of nitrogens with zero attached hydrogens (tertiary/aromatic N) is 2. The van der Waals surface area contributed by atoms with Crippen LogP contribution in [0.25, 0.3) is 0 Å². The van der Waals surface area contributed by atoms with E-state index >= 15 is 0 Å². The van der Waals surface area contributed by atoms with Crippen LogP contribution < -0.4 is 0 Å². The molecular formula is C19H15ClF3N3O2. The molecule has 1 aromatic heterocycles. The predicted octanol–water partition coefficient (Wildman–Crippen LogP) is 4.42. The summed E-state index contributed by atoms with van der Waals surface area (Å²) in [7, 11) is 0. The van der Waals surface area contributed by atoms with Crippen molar-refractivity contribution >= 4 is 17.5 Å². The summed E-state index contributed by atoms with van der Waals surface area (Å²) in [5.41, 5.74) is 1.27. The predicted molar refractivity (Wildman–Crippen MR) is 95.6 cm³/mol. The molecule has 2 aromatic rings. The molecule has 9 heteroatoms. The number of aromatic amines is 1. The van der Waals surface area contributed by atoms with Crippen molar-refractivity contribution in [2.24, 2.45) is 0 Å². The minimum atomic E-state index is -4.62. The van der Waals surface area contributed by atoms with Crippen molar-refractivity contribution in [1.29, 1.82) is 0 Å². The number of hydrogen-bond acceptors (Lipinski definition) is 3. The Labute approximate surface area is 163 Å². The summed E-state index contributed by atoms with van der Waals surface area (Å²) in [4.78, 5) is 14.3. The van der Waals surface area contributed by atoms with Crippen LogP contribution in [0, 0.1) is 0 Å². The number of hydrogen-bond donors (Lipinski definition) is 1. The van der Waals surface area contributed by atoms with Crippen LogP contribution in [0.1, 0.15) is 39.0 Å². The van der Waals surface area contributed by atoms with Crippen molar-refractivity contribution in [2.75, 3.05) is 6.54 Å². The summed E-state index contributed by atoms with van der Waals surface area (Å²) in [6.45, 7) is 0.553. The van der Waals surface area contributed by atoms with Gasteiger partial charge in [-0.15, -0.1) is 0 Å². The zero-order valence-electron chi connectivity index (χ0n) is 14.5. The third-order valence-corrected chi connectivity index (χ3v) is 5.16. The second kappa shape index (κ2) is 7.01. The Kier molecular flexibility index (Phi) is 4.66. The third kappa shape index (κ3) is 3.28. The van der Waals surface area contributed by atoms with E-state index in [4.69, 9.17) is 16.3 Å². The molecular weight excluding hydrogens is 395 g/mol. The van der Waals surface area contributed by atoms with Crippen LogP contribution >= 0.6 is 11.6 Å². The number of alkyl halides is 3. The Morgan fingerprint density at radius 2 is 2.14 bits per heavy atom. The zero-order valence-corrected chi connectivity index (χ0v) is 15.2. The van der Waals surface area contributed by atoms with E-state index in [1.807, 2.05) is 12.2 Å². The Balaban J connectivity index is 1.57. The fourth-order valence-electron chi connectivity index (χ4n) is 3.38. The van der Waals surface area contributed by atoms with E-state index in [9.17, 15) is 18.0 Å². The smallest absolute Gasteiger partial charge is 0.417 e. The van der Waals surface area contributed by atoms with E-state index in [0.717, 1.165) is 23.0 Å². The number of aromatic nitrogens is 2. The fourth-order valence-corrected chi connectivity index (χ4v) is 3.69. The molecule has 1 aromatic carbocycles. The van der Waals surface area contributed by atoms with Gasteiger partial charge in [0.25, 0.3) is 5.91 Å². The van der Waals surface area contributed by atoms with Gasteiger partial charge in [0.2, 0.25) is 0 Å². The quantitative estimate of drug-likeness (QED) is 0.798. The van der Waals surface area contributed by atoms with Crippen molar-refractivity contribution in [3.05, 3.63) is 75.8 Å². The van der Waals surface area contributed by atoms with E-state index in [-0.39, 0.29) is 18.2 Å². The molecule has 0 bridgehead atoms. The summed E-state index contributed by atoms with van der Waals surface area (Å²) < 4.78 is 44.7. The van der Waals surface area contributed by atoms with Gasteiger partial charge in [-0.05, 0) is 30.7 Å². The average molecular weight is 410 g/mol. The number of carbonyl (C=O) groups excluding carboxylic acids is 1. The number of benzene rings is 1. The number of ether oxygens (including phenoxy) is 1. The molecule has 0 saturated carbocycles. The molecule has 5 nitrogen and oxygen atoms in total. The molecule has 1 atom stereocenters. The molecule has 4 rings (SSSR count). The second-order valence-corrected chi connectivity index (χ2v) is 6.86. The number of halogens is 4. The lowest BCUT2D eigenvalue weighted by molar-refractivity contribution is -0.137. The molecule has 2 aliphatic heterocycles. The molecule has 0 fully saturated rings. The highest BCUT2D eigenvalue weighted by Gasteiger charge is 2.36. The molecule has 1 N–H and O–H groups in total. The number of allylic oxidation sites excluding steroid dienone is 2. The van der Waals surface area contributed by atoms with Gasteiger partial charge in [-0.3, -0.25) is 9.89 Å². The van der Waals surface area contributed by atoms with Crippen molar-refractivity contribution in [1.82, 2.24) is 15.1 Å². The highest BCUT2D eigenvalue weighted by Crippen LogP contribution is 2.37. The molecule has 0 radical (unpaired) electrons. The van der Waals surface area contributed by atoms with E-state index in [0.29, 0.717) is 13.0 Å². The minimum absolute atomic E-state index is 0.164. The first kappa shape index (κ1) is 18.6. The largest absolute Gasteiger partial charge is 0.488 e. The first-order valence-electron chi connectivity index (χ1n) is 8.56. The van der Waals surface area contributed by atoms with E-state index < -0.39 is 22.7 Å². The minimum Gasteiger partial charge on any atom is -0.488 e. The van der Waals surface area contributed by atoms with Crippen LogP contribution in [-0.4, -0.2) is 27.5 Å². The number of amides is 1. The van der Waals surface area contributed by atoms with Gasteiger partial charge in [-0.2, -0.15) is 18.3 Å². The topological polar surface area (TPSA) is 58.2 Å². The molecule has 1 amide bonds. The highest BCUT2D eigenvalue weighted by atomic mass is 35.5.